The van der Waals surface area contributed by atoms with E-state index in [0.29, 0.717) is 13.2 Å². The van der Waals surface area contributed by atoms with Gasteiger partial charge in [-0.1, -0.05) is 49.6 Å². The molecule has 0 heterocycles. The average Bonchev–Trinajstić information content (AvgIpc) is 2.53. The molecule has 0 saturated heterocycles. The highest BCUT2D eigenvalue weighted by Crippen LogP contribution is 2.40. The molecule has 3 nitrogen and oxygen atoms in total. The predicted octanol–water partition coefficient (Wildman–Crippen LogP) is 3.72. The zero-order chi connectivity index (χ0) is 14.3. The van der Waals surface area contributed by atoms with Crippen LogP contribution >= 0.6 is 0 Å². The largest absolute Gasteiger partial charge is 0.469 e. The fourth-order valence-corrected chi connectivity index (χ4v) is 3.03. The second kappa shape index (κ2) is 7.44. The molecule has 110 valence electrons. The van der Waals surface area contributed by atoms with Gasteiger partial charge in [-0.2, -0.15) is 0 Å². The fourth-order valence-electron chi connectivity index (χ4n) is 3.03. The van der Waals surface area contributed by atoms with Gasteiger partial charge in [0, 0.05) is 6.61 Å². The Morgan fingerprint density at radius 3 is 2.50 bits per heavy atom. The van der Waals surface area contributed by atoms with E-state index in [2.05, 4.69) is 12.1 Å². The van der Waals surface area contributed by atoms with Crippen molar-refractivity contribution in [1.82, 2.24) is 0 Å². The topological polar surface area (TPSA) is 35.5 Å². The summed E-state index contributed by atoms with van der Waals surface area (Å²) in [7, 11) is 1.49. The van der Waals surface area contributed by atoms with Crippen LogP contribution in [-0.2, 0) is 20.9 Å². The van der Waals surface area contributed by atoms with Gasteiger partial charge in [0.1, 0.15) is 0 Å². The van der Waals surface area contributed by atoms with Crippen molar-refractivity contribution >= 4 is 5.97 Å². The molecule has 0 unspecified atom stereocenters. The zero-order valence-corrected chi connectivity index (χ0v) is 12.3. The molecule has 20 heavy (non-hydrogen) atoms. The number of carbonyl (C=O) groups is 1. The Morgan fingerprint density at radius 2 is 1.85 bits per heavy atom. The Bertz CT molecular complexity index is 408. The Balaban J connectivity index is 1.82. The summed E-state index contributed by atoms with van der Waals surface area (Å²) in [4.78, 5) is 12.1. The summed E-state index contributed by atoms with van der Waals surface area (Å²) in [5.41, 5.74) is 0.868. The summed E-state index contributed by atoms with van der Waals surface area (Å²) in [5.74, 6) is -0.0551. The van der Waals surface area contributed by atoms with Gasteiger partial charge in [0.2, 0.25) is 0 Å². The van der Waals surface area contributed by atoms with Gasteiger partial charge in [-0.25, -0.2) is 0 Å². The number of esters is 1. The zero-order valence-electron chi connectivity index (χ0n) is 12.3. The molecule has 0 bridgehead atoms. The van der Waals surface area contributed by atoms with Crippen molar-refractivity contribution in [3.8, 4) is 0 Å². The summed E-state index contributed by atoms with van der Waals surface area (Å²) in [6, 6.07) is 10.1. The van der Waals surface area contributed by atoms with Gasteiger partial charge in [-0.15, -0.1) is 0 Å². The average molecular weight is 276 g/mol. The lowest BCUT2D eigenvalue weighted by molar-refractivity contribution is -0.156. The van der Waals surface area contributed by atoms with Crippen LogP contribution in [0.3, 0.4) is 0 Å². The third-order valence-electron chi connectivity index (χ3n) is 4.27. The van der Waals surface area contributed by atoms with Crippen LogP contribution in [0.1, 0.15) is 44.1 Å². The number of hydrogen-bond acceptors (Lipinski definition) is 3. The van der Waals surface area contributed by atoms with E-state index in [1.807, 2.05) is 18.2 Å². The lowest BCUT2D eigenvalue weighted by Gasteiger charge is -2.34. The Kier molecular flexibility index (Phi) is 5.60. The maximum atomic E-state index is 12.1. The molecular weight excluding hydrogens is 252 g/mol. The third-order valence-corrected chi connectivity index (χ3v) is 4.27. The Morgan fingerprint density at radius 1 is 1.15 bits per heavy atom. The fraction of sp³-hybridized carbons (Fsp3) is 0.588. The summed E-state index contributed by atoms with van der Waals surface area (Å²) < 4.78 is 10.7. The van der Waals surface area contributed by atoms with Gasteiger partial charge in [-0.05, 0) is 24.8 Å². The summed E-state index contributed by atoms with van der Waals surface area (Å²) in [6.45, 7) is 1.22. The van der Waals surface area contributed by atoms with Crippen molar-refractivity contribution in [2.75, 3.05) is 13.7 Å². The van der Waals surface area contributed by atoms with Gasteiger partial charge in [0.15, 0.2) is 0 Å². The first-order valence-corrected chi connectivity index (χ1v) is 7.47. The molecule has 0 aromatic heterocycles. The second-order valence-electron chi connectivity index (χ2n) is 5.62. The van der Waals surface area contributed by atoms with Crippen LogP contribution in [0.4, 0.5) is 0 Å². The Labute approximate surface area is 121 Å². The monoisotopic (exact) mass is 276 g/mol. The SMILES string of the molecule is COC(=O)C1(CCOCc2ccccc2)CCCCC1. The molecule has 1 aromatic carbocycles. The molecule has 0 aliphatic heterocycles. The standard InChI is InChI=1S/C17H24O3/c1-19-16(18)17(10-6-3-7-11-17)12-13-20-14-15-8-4-2-5-9-15/h2,4-5,8-9H,3,6-7,10-14H2,1H3. The van der Waals surface area contributed by atoms with E-state index in [1.165, 1.54) is 19.1 Å². The lowest BCUT2D eigenvalue weighted by Crippen LogP contribution is -2.35. The highest BCUT2D eigenvalue weighted by molar-refractivity contribution is 5.76. The number of carbonyl (C=O) groups excluding carboxylic acids is 1. The molecule has 1 aliphatic rings. The first-order chi connectivity index (χ1) is 9.77. The third kappa shape index (κ3) is 3.83. The van der Waals surface area contributed by atoms with Crippen LogP contribution in [-0.4, -0.2) is 19.7 Å². The van der Waals surface area contributed by atoms with Crippen molar-refractivity contribution in [3.05, 3.63) is 35.9 Å². The van der Waals surface area contributed by atoms with E-state index in [0.717, 1.165) is 32.1 Å². The first-order valence-electron chi connectivity index (χ1n) is 7.47. The first kappa shape index (κ1) is 15.0. The molecule has 3 heteroatoms. The summed E-state index contributed by atoms with van der Waals surface area (Å²) >= 11 is 0. The van der Waals surface area contributed by atoms with Crippen LogP contribution in [0, 0.1) is 5.41 Å². The predicted molar refractivity (Wildman–Crippen MR) is 78.2 cm³/mol. The van der Waals surface area contributed by atoms with Crippen molar-refractivity contribution in [1.29, 1.82) is 0 Å². The van der Waals surface area contributed by atoms with E-state index < -0.39 is 0 Å². The van der Waals surface area contributed by atoms with Crippen LogP contribution in [0.2, 0.25) is 0 Å². The molecule has 0 spiro atoms. The van der Waals surface area contributed by atoms with E-state index >= 15 is 0 Å². The second-order valence-corrected chi connectivity index (χ2v) is 5.62. The van der Waals surface area contributed by atoms with Crippen molar-refractivity contribution < 1.29 is 14.3 Å². The minimum atomic E-state index is -0.302. The molecule has 0 amide bonds. The molecule has 0 N–H and O–H groups in total. The highest BCUT2D eigenvalue weighted by atomic mass is 16.5. The number of benzene rings is 1. The Hall–Kier alpha value is -1.35. The smallest absolute Gasteiger partial charge is 0.311 e. The normalized spacial score (nSPS) is 17.6. The van der Waals surface area contributed by atoms with Crippen molar-refractivity contribution in [2.45, 2.75) is 45.1 Å². The molecule has 1 fully saturated rings. The molecule has 2 rings (SSSR count). The van der Waals surface area contributed by atoms with Crippen LogP contribution in [0.25, 0.3) is 0 Å². The van der Waals surface area contributed by atoms with Gasteiger partial charge in [0.25, 0.3) is 0 Å². The molecule has 1 aliphatic carbocycles. The summed E-state index contributed by atoms with van der Waals surface area (Å²) in [6.07, 6.45) is 6.11. The minimum absolute atomic E-state index is 0.0551. The number of ether oxygens (including phenoxy) is 2. The number of rotatable bonds is 6. The molecule has 0 atom stereocenters. The minimum Gasteiger partial charge on any atom is -0.469 e. The molecule has 1 aromatic rings. The van der Waals surface area contributed by atoms with Crippen LogP contribution in [0.15, 0.2) is 30.3 Å². The lowest BCUT2D eigenvalue weighted by atomic mass is 9.72. The van der Waals surface area contributed by atoms with E-state index in [9.17, 15) is 4.79 Å². The van der Waals surface area contributed by atoms with Crippen molar-refractivity contribution in [3.63, 3.8) is 0 Å². The van der Waals surface area contributed by atoms with Gasteiger partial charge >= 0.3 is 5.97 Å². The maximum Gasteiger partial charge on any atom is 0.311 e. The van der Waals surface area contributed by atoms with Gasteiger partial charge in [0.05, 0.1) is 19.1 Å². The maximum absolute atomic E-state index is 12.1. The highest BCUT2D eigenvalue weighted by Gasteiger charge is 2.40. The molecular formula is C17H24O3. The van der Waals surface area contributed by atoms with Gasteiger partial charge < -0.3 is 9.47 Å². The van der Waals surface area contributed by atoms with E-state index in [1.54, 1.807) is 0 Å². The van der Waals surface area contributed by atoms with Gasteiger partial charge in [-0.3, -0.25) is 4.79 Å². The number of hydrogen-bond donors (Lipinski definition) is 0. The van der Waals surface area contributed by atoms with Crippen molar-refractivity contribution in [2.24, 2.45) is 5.41 Å². The number of methoxy groups -OCH3 is 1. The van der Waals surface area contributed by atoms with E-state index in [-0.39, 0.29) is 11.4 Å². The van der Waals surface area contributed by atoms with Crippen LogP contribution in [0.5, 0.6) is 0 Å². The molecule has 0 radical (unpaired) electrons. The van der Waals surface area contributed by atoms with E-state index in [4.69, 9.17) is 9.47 Å². The van der Waals surface area contributed by atoms with Crippen LogP contribution < -0.4 is 0 Å². The quantitative estimate of drug-likeness (QED) is 0.587. The molecule has 1 saturated carbocycles. The summed E-state index contributed by atoms with van der Waals surface area (Å²) in [5, 5.41) is 0.